The van der Waals surface area contributed by atoms with E-state index in [1.807, 2.05) is 58.9 Å². The highest BCUT2D eigenvalue weighted by Crippen LogP contribution is 2.45. The third kappa shape index (κ3) is 10.3. The Balaban J connectivity index is 1.58. The molecule has 0 spiro atoms. The van der Waals surface area contributed by atoms with Crippen LogP contribution in [0, 0.1) is 25.1 Å². The molecule has 0 radical (unpaired) electrons. The standard InChI is InChI=1S/C44H51F4N3O4/c1-9-54-41(53)39(55-42(4,5)6)37-29(3)49-28(2)36(38(37)50-23-21-43(7,8)22-24-50)32-17-13-30(14-18-32)26-51(27-31-15-19-35(45)20-16-31)40(52)33-11-10-12-34(25-33)44(46,47)48/h10-20,25,39H,9,21-24,26-27H2,1-8H3/t39-/m0/s1. The number of alkyl halides is 3. The molecule has 0 aliphatic carbocycles. The summed E-state index contributed by atoms with van der Waals surface area (Å²) in [6.45, 7) is 17.6. The Morgan fingerprint density at radius 3 is 2.02 bits per heavy atom. The third-order valence-corrected chi connectivity index (χ3v) is 9.87. The van der Waals surface area contributed by atoms with E-state index in [1.165, 1.54) is 29.2 Å². The lowest BCUT2D eigenvalue weighted by atomic mass is 9.81. The number of esters is 1. The maximum Gasteiger partial charge on any atom is 0.416 e. The van der Waals surface area contributed by atoms with E-state index >= 15 is 0 Å². The van der Waals surface area contributed by atoms with Crippen molar-refractivity contribution in [1.82, 2.24) is 9.88 Å². The zero-order chi connectivity index (χ0) is 40.3. The number of hydrogen-bond acceptors (Lipinski definition) is 6. The van der Waals surface area contributed by atoms with Crippen LogP contribution in [0.3, 0.4) is 0 Å². The van der Waals surface area contributed by atoms with E-state index in [-0.39, 0.29) is 30.7 Å². The molecule has 1 fully saturated rings. The Hall–Kier alpha value is -4.77. The lowest BCUT2D eigenvalue weighted by Crippen LogP contribution is -2.39. The van der Waals surface area contributed by atoms with Crippen molar-refractivity contribution in [2.75, 3.05) is 24.6 Å². The van der Waals surface area contributed by atoms with Gasteiger partial charge in [-0.1, -0.05) is 56.3 Å². The van der Waals surface area contributed by atoms with Gasteiger partial charge >= 0.3 is 12.1 Å². The topological polar surface area (TPSA) is 72.0 Å². The number of carbonyl (C=O) groups excluding carboxylic acids is 2. The molecule has 0 unspecified atom stereocenters. The van der Waals surface area contributed by atoms with Gasteiger partial charge in [-0.2, -0.15) is 13.2 Å². The minimum absolute atomic E-state index is 0.0416. The summed E-state index contributed by atoms with van der Waals surface area (Å²) in [5.41, 5.74) is 4.46. The highest BCUT2D eigenvalue weighted by atomic mass is 19.4. The van der Waals surface area contributed by atoms with Gasteiger partial charge in [0.1, 0.15) is 5.82 Å². The first-order valence-corrected chi connectivity index (χ1v) is 18.7. The second-order valence-electron chi connectivity index (χ2n) is 16.0. The second-order valence-corrected chi connectivity index (χ2v) is 16.0. The fourth-order valence-electron chi connectivity index (χ4n) is 6.98. The summed E-state index contributed by atoms with van der Waals surface area (Å²) in [5.74, 6) is -1.52. The normalized spacial score (nSPS) is 15.1. The van der Waals surface area contributed by atoms with Crippen LogP contribution in [0.15, 0.2) is 72.8 Å². The van der Waals surface area contributed by atoms with Crippen molar-refractivity contribution in [1.29, 1.82) is 0 Å². The van der Waals surface area contributed by atoms with Crippen molar-refractivity contribution in [3.63, 3.8) is 0 Å². The molecule has 0 N–H and O–H groups in total. The molecular formula is C44H51F4N3O4. The molecule has 4 aromatic rings. The summed E-state index contributed by atoms with van der Waals surface area (Å²) >= 11 is 0. The Morgan fingerprint density at radius 2 is 1.47 bits per heavy atom. The van der Waals surface area contributed by atoms with Crippen LogP contribution in [0.5, 0.6) is 0 Å². The molecule has 1 aliphatic rings. The number of benzene rings is 3. The van der Waals surface area contributed by atoms with E-state index in [4.69, 9.17) is 14.5 Å². The summed E-state index contributed by atoms with van der Waals surface area (Å²) in [6, 6.07) is 17.6. The predicted octanol–water partition coefficient (Wildman–Crippen LogP) is 10.4. The zero-order valence-electron chi connectivity index (χ0n) is 32.9. The molecule has 0 saturated carbocycles. The molecule has 0 bridgehead atoms. The highest BCUT2D eigenvalue weighted by molar-refractivity contribution is 5.94. The molecule has 2 heterocycles. The number of aryl methyl sites for hydroxylation is 2. The number of carbonyl (C=O) groups is 2. The second kappa shape index (κ2) is 16.5. The molecule has 1 aliphatic heterocycles. The minimum atomic E-state index is -4.62. The van der Waals surface area contributed by atoms with Gasteiger partial charge in [-0.05, 0) is 107 Å². The van der Waals surface area contributed by atoms with E-state index in [0.717, 1.165) is 66.1 Å². The molecule has 3 aromatic carbocycles. The molecular weight excluding hydrogens is 710 g/mol. The average molecular weight is 762 g/mol. The van der Waals surface area contributed by atoms with Crippen LogP contribution in [0.4, 0.5) is 23.2 Å². The van der Waals surface area contributed by atoms with Crippen LogP contribution >= 0.6 is 0 Å². The number of aromatic nitrogens is 1. The maximum atomic E-state index is 13.9. The van der Waals surface area contributed by atoms with Gasteiger partial charge < -0.3 is 19.3 Å². The van der Waals surface area contributed by atoms with Gasteiger partial charge in [-0.3, -0.25) is 9.78 Å². The predicted molar refractivity (Wildman–Crippen MR) is 206 cm³/mol. The van der Waals surface area contributed by atoms with Crippen molar-refractivity contribution in [3.8, 4) is 11.1 Å². The fourth-order valence-corrected chi connectivity index (χ4v) is 6.98. The van der Waals surface area contributed by atoms with Crippen LogP contribution in [0.25, 0.3) is 11.1 Å². The van der Waals surface area contributed by atoms with Crippen LogP contribution < -0.4 is 4.90 Å². The Labute approximate surface area is 321 Å². The van der Waals surface area contributed by atoms with E-state index in [9.17, 15) is 27.2 Å². The number of hydrogen-bond donors (Lipinski definition) is 0. The monoisotopic (exact) mass is 761 g/mol. The lowest BCUT2D eigenvalue weighted by Gasteiger charge is -2.41. The van der Waals surface area contributed by atoms with Crippen LogP contribution in [0.1, 0.15) is 104 Å². The lowest BCUT2D eigenvalue weighted by molar-refractivity contribution is -0.166. The summed E-state index contributed by atoms with van der Waals surface area (Å²) in [4.78, 5) is 36.2. The molecule has 294 valence electrons. The van der Waals surface area contributed by atoms with Gasteiger partial charge in [0.05, 0.1) is 23.5 Å². The number of pyridine rings is 1. The number of nitrogens with zero attached hydrogens (tertiary/aromatic N) is 3. The van der Waals surface area contributed by atoms with E-state index in [2.05, 4.69) is 18.7 Å². The van der Waals surface area contributed by atoms with Gasteiger partial charge in [0.25, 0.3) is 5.91 Å². The summed E-state index contributed by atoms with van der Waals surface area (Å²) < 4.78 is 66.6. The summed E-state index contributed by atoms with van der Waals surface area (Å²) in [5, 5.41) is 0. The van der Waals surface area contributed by atoms with Crippen molar-refractivity contribution in [2.45, 2.75) is 99.2 Å². The van der Waals surface area contributed by atoms with E-state index < -0.39 is 41.1 Å². The molecule has 55 heavy (non-hydrogen) atoms. The number of amides is 1. The number of piperidine rings is 1. The van der Waals surface area contributed by atoms with Gasteiger partial charge in [-0.25, -0.2) is 9.18 Å². The molecule has 7 nitrogen and oxygen atoms in total. The third-order valence-electron chi connectivity index (χ3n) is 9.87. The Kier molecular flexibility index (Phi) is 12.4. The Bertz CT molecular complexity index is 1980. The maximum absolute atomic E-state index is 13.9. The summed E-state index contributed by atoms with van der Waals surface area (Å²) in [6.07, 6.45) is -3.76. The van der Waals surface area contributed by atoms with E-state index in [0.29, 0.717) is 16.8 Å². The first kappa shape index (κ1) is 41.4. The van der Waals surface area contributed by atoms with Gasteiger partial charge in [0.15, 0.2) is 6.10 Å². The molecule has 1 aromatic heterocycles. The smallest absolute Gasteiger partial charge is 0.416 e. The van der Waals surface area contributed by atoms with Gasteiger partial charge in [0, 0.05) is 54.3 Å². The summed E-state index contributed by atoms with van der Waals surface area (Å²) in [7, 11) is 0. The first-order chi connectivity index (χ1) is 25.8. The SMILES string of the molecule is CCOC(=O)[C@@H](OC(C)(C)C)c1c(C)nc(C)c(-c2ccc(CN(Cc3ccc(F)cc3)C(=O)c3cccc(C(F)(F)F)c3)cc2)c1N1CCC(C)(C)CC1. The largest absolute Gasteiger partial charge is 0.464 e. The van der Waals surface area contributed by atoms with Gasteiger partial charge in [-0.15, -0.1) is 0 Å². The minimum Gasteiger partial charge on any atom is -0.464 e. The molecule has 1 saturated heterocycles. The Morgan fingerprint density at radius 1 is 0.891 bits per heavy atom. The van der Waals surface area contributed by atoms with Crippen molar-refractivity contribution < 1.29 is 36.6 Å². The highest BCUT2D eigenvalue weighted by Gasteiger charge is 2.37. The zero-order valence-corrected chi connectivity index (χ0v) is 32.9. The fraction of sp³-hybridized carbons (Fsp3) is 0.432. The van der Waals surface area contributed by atoms with Crippen molar-refractivity contribution in [3.05, 3.63) is 118 Å². The molecule has 11 heteroatoms. The molecule has 5 rings (SSSR count). The number of ether oxygens (including phenoxy) is 2. The number of anilines is 1. The van der Waals surface area contributed by atoms with E-state index in [1.54, 1.807) is 19.1 Å². The molecule has 1 amide bonds. The average Bonchev–Trinajstić information content (AvgIpc) is 3.11. The van der Waals surface area contributed by atoms with Crippen LogP contribution in [-0.4, -0.2) is 47.1 Å². The van der Waals surface area contributed by atoms with Gasteiger partial charge in [0.2, 0.25) is 0 Å². The number of rotatable bonds is 11. The van der Waals surface area contributed by atoms with Crippen molar-refractivity contribution >= 4 is 17.6 Å². The first-order valence-electron chi connectivity index (χ1n) is 18.7. The van der Waals surface area contributed by atoms with Crippen LogP contribution in [-0.2, 0) is 33.5 Å². The quantitative estimate of drug-likeness (QED) is 0.112. The number of halogens is 4. The van der Waals surface area contributed by atoms with Crippen LogP contribution in [0.2, 0.25) is 0 Å². The molecule has 1 atom stereocenters. The van der Waals surface area contributed by atoms with Crippen molar-refractivity contribution in [2.24, 2.45) is 5.41 Å².